The van der Waals surface area contributed by atoms with Crippen molar-refractivity contribution in [1.82, 2.24) is 14.8 Å². The van der Waals surface area contributed by atoms with E-state index in [0.717, 1.165) is 0 Å². The van der Waals surface area contributed by atoms with Gasteiger partial charge in [0.2, 0.25) is 0 Å². The quantitative estimate of drug-likeness (QED) is 0.677. The van der Waals surface area contributed by atoms with Gasteiger partial charge in [-0.25, -0.2) is 9.67 Å². The minimum atomic E-state index is -0.0769. The second kappa shape index (κ2) is 5.18. The van der Waals surface area contributed by atoms with Gasteiger partial charge in [-0.3, -0.25) is 4.79 Å². The molecule has 2 N–H and O–H groups in total. The predicted molar refractivity (Wildman–Crippen MR) is 69.6 cm³/mol. The van der Waals surface area contributed by atoms with Crippen LogP contribution in [0, 0.1) is 0 Å². The lowest BCUT2D eigenvalue weighted by molar-refractivity contribution is 0.0989. The van der Waals surface area contributed by atoms with Crippen LogP contribution in [-0.4, -0.2) is 20.5 Å². The van der Waals surface area contributed by atoms with E-state index in [-0.39, 0.29) is 12.2 Å². The summed E-state index contributed by atoms with van der Waals surface area (Å²) >= 11 is 5.87. The number of anilines is 1. The number of benzene rings is 1. The number of rotatable bonds is 4. The second-order valence-corrected chi connectivity index (χ2v) is 4.30. The van der Waals surface area contributed by atoms with E-state index in [1.54, 1.807) is 22.9 Å². The molecule has 1 aromatic heterocycles. The van der Waals surface area contributed by atoms with Crippen LogP contribution in [0.5, 0.6) is 0 Å². The molecule has 18 heavy (non-hydrogen) atoms. The number of nitrogens with zero attached hydrogens (tertiary/aromatic N) is 3. The molecule has 0 fully saturated rings. The molecule has 0 atom stereocenters. The maximum absolute atomic E-state index is 12.1. The normalized spacial score (nSPS) is 10.6. The van der Waals surface area contributed by atoms with Crippen molar-refractivity contribution in [2.45, 2.75) is 19.9 Å². The van der Waals surface area contributed by atoms with E-state index in [0.29, 0.717) is 28.6 Å². The van der Waals surface area contributed by atoms with Gasteiger partial charge in [-0.1, -0.05) is 11.6 Å². The molecule has 0 spiro atoms. The van der Waals surface area contributed by atoms with Crippen LogP contribution in [0.4, 0.5) is 5.69 Å². The van der Waals surface area contributed by atoms with Crippen molar-refractivity contribution in [2.24, 2.45) is 0 Å². The standard InChI is InChI=1S/C12H13ClN4O/c1-2-17-12(15-7-16-17)6-11(18)8-3-9(13)5-10(14)4-8/h3-5,7H,2,6,14H2,1H3. The molecule has 1 aromatic carbocycles. The number of nitrogens with two attached hydrogens (primary N) is 1. The van der Waals surface area contributed by atoms with Crippen LogP contribution in [0.2, 0.25) is 5.02 Å². The van der Waals surface area contributed by atoms with Crippen LogP contribution in [-0.2, 0) is 13.0 Å². The highest BCUT2D eigenvalue weighted by atomic mass is 35.5. The molecule has 2 rings (SSSR count). The Kier molecular flexibility index (Phi) is 3.62. The van der Waals surface area contributed by atoms with Gasteiger partial charge >= 0.3 is 0 Å². The van der Waals surface area contributed by atoms with Crippen molar-refractivity contribution in [3.05, 3.63) is 40.9 Å². The molecule has 0 aliphatic carbocycles. The molecule has 0 bridgehead atoms. The Morgan fingerprint density at radius 2 is 2.22 bits per heavy atom. The molecule has 1 heterocycles. The Bertz CT molecular complexity index is 559. The van der Waals surface area contributed by atoms with Gasteiger partial charge < -0.3 is 5.73 Å². The minimum Gasteiger partial charge on any atom is -0.399 e. The SMILES string of the molecule is CCn1ncnc1CC(=O)c1cc(N)cc(Cl)c1. The summed E-state index contributed by atoms with van der Waals surface area (Å²) in [5.41, 5.74) is 6.62. The molecular weight excluding hydrogens is 252 g/mol. The first-order chi connectivity index (χ1) is 8.60. The molecule has 6 heteroatoms. The van der Waals surface area contributed by atoms with E-state index >= 15 is 0 Å². The fraction of sp³-hybridized carbons (Fsp3) is 0.250. The van der Waals surface area contributed by atoms with Crippen molar-refractivity contribution >= 4 is 23.1 Å². The number of halogens is 1. The summed E-state index contributed by atoms with van der Waals surface area (Å²) in [6, 6.07) is 4.82. The zero-order valence-corrected chi connectivity index (χ0v) is 10.7. The monoisotopic (exact) mass is 264 g/mol. The summed E-state index contributed by atoms with van der Waals surface area (Å²) in [5, 5.41) is 4.47. The summed E-state index contributed by atoms with van der Waals surface area (Å²) in [4.78, 5) is 16.2. The number of aryl methyl sites for hydroxylation is 1. The number of ketones is 1. The average molecular weight is 265 g/mol. The summed E-state index contributed by atoms with van der Waals surface area (Å²) in [6.07, 6.45) is 1.63. The lowest BCUT2D eigenvalue weighted by Crippen LogP contribution is -2.11. The van der Waals surface area contributed by atoms with Gasteiger partial charge in [0.25, 0.3) is 0 Å². The largest absolute Gasteiger partial charge is 0.399 e. The highest BCUT2D eigenvalue weighted by Crippen LogP contribution is 2.18. The number of aromatic nitrogens is 3. The van der Waals surface area contributed by atoms with E-state index in [1.807, 2.05) is 6.92 Å². The number of hydrogen-bond donors (Lipinski definition) is 1. The highest BCUT2D eigenvalue weighted by Gasteiger charge is 2.12. The fourth-order valence-corrected chi connectivity index (χ4v) is 1.95. The van der Waals surface area contributed by atoms with Gasteiger partial charge in [0.1, 0.15) is 12.2 Å². The maximum Gasteiger partial charge on any atom is 0.170 e. The highest BCUT2D eigenvalue weighted by molar-refractivity contribution is 6.31. The smallest absolute Gasteiger partial charge is 0.170 e. The van der Waals surface area contributed by atoms with E-state index < -0.39 is 0 Å². The zero-order chi connectivity index (χ0) is 13.1. The van der Waals surface area contributed by atoms with Crippen molar-refractivity contribution in [1.29, 1.82) is 0 Å². The average Bonchev–Trinajstić information content (AvgIpc) is 2.75. The Balaban J connectivity index is 2.22. The van der Waals surface area contributed by atoms with Gasteiger partial charge in [0, 0.05) is 22.8 Å². The number of Topliss-reactive ketones (excluding diaryl/α,β-unsaturated/α-hetero) is 1. The Morgan fingerprint density at radius 1 is 1.44 bits per heavy atom. The Morgan fingerprint density at radius 3 is 2.89 bits per heavy atom. The molecule has 0 saturated carbocycles. The van der Waals surface area contributed by atoms with E-state index in [4.69, 9.17) is 17.3 Å². The van der Waals surface area contributed by atoms with Gasteiger partial charge in [-0.05, 0) is 25.1 Å². The minimum absolute atomic E-state index is 0.0769. The summed E-state index contributed by atoms with van der Waals surface area (Å²) in [7, 11) is 0. The van der Waals surface area contributed by atoms with Gasteiger partial charge in [-0.15, -0.1) is 0 Å². The first kappa shape index (κ1) is 12.6. The van der Waals surface area contributed by atoms with Crippen LogP contribution in [0.15, 0.2) is 24.5 Å². The molecule has 0 aliphatic rings. The van der Waals surface area contributed by atoms with Gasteiger partial charge in [0.05, 0.1) is 6.42 Å². The first-order valence-corrected chi connectivity index (χ1v) is 5.94. The maximum atomic E-state index is 12.1. The fourth-order valence-electron chi connectivity index (χ4n) is 1.71. The van der Waals surface area contributed by atoms with Crippen LogP contribution >= 0.6 is 11.6 Å². The molecule has 5 nitrogen and oxygen atoms in total. The molecule has 0 amide bonds. The van der Waals surface area contributed by atoms with E-state index in [1.165, 1.54) is 6.33 Å². The van der Waals surface area contributed by atoms with Crippen LogP contribution in [0.3, 0.4) is 0 Å². The van der Waals surface area contributed by atoms with Gasteiger partial charge in [-0.2, -0.15) is 5.10 Å². The lowest BCUT2D eigenvalue weighted by Gasteiger charge is -2.04. The third-order valence-corrected chi connectivity index (χ3v) is 2.77. The second-order valence-electron chi connectivity index (χ2n) is 3.87. The molecular formula is C12H13ClN4O. The lowest BCUT2D eigenvalue weighted by atomic mass is 10.1. The Labute approximate surface area is 110 Å². The topological polar surface area (TPSA) is 73.8 Å². The molecule has 2 aromatic rings. The number of carbonyl (C=O) groups excluding carboxylic acids is 1. The van der Waals surface area contributed by atoms with Crippen LogP contribution in [0.25, 0.3) is 0 Å². The summed E-state index contributed by atoms with van der Waals surface area (Å²) < 4.78 is 1.69. The summed E-state index contributed by atoms with van der Waals surface area (Å²) in [5.74, 6) is 0.563. The van der Waals surface area contributed by atoms with Crippen LogP contribution < -0.4 is 5.73 Å². The third-order valence-electron chi connectivity index (χ3n) is 2.56. The van der Waals surface area contributed by atoms with E-state index in [9.17, 15) is 4.79 Å². The van der Waals surface area contributed by atoms with Crippen molar-refractivity contribution < 1.29 is 4.79 Å². The Hall–Kier alpha value is -1.88. The predicted octanol–water partition coefficient (Wildman–Crippen LogP) is 1.96. The molecule has 94 valence electrons. The number of carbonyl (C=O) groups is 1. The van der Waals surface area contributed by atoms with Crippen molar-refractivity contribution in [2.75, 3.05) is 5.73 Å². The third kappa shape index (κ3) is 2.68. The number of nitrogen functional groups attached to an aromatic ring is 1. The number of hydrogen-bond acceptors (Lipinski definition) is 4. The molecule has 0 unspecified atom stereocenters. The van der Waals surface area contributed by atoms with E-state index in [2.05, 4.69) is 10.1 Å². The summed E-state index contributed by atoms with van der Waals surface area (Å²) in [6.45, 7) is 2.63. The molecule has 0 saturated heterocycles. The first-order valence-electron chi connectivity index (χ1n) is 5.56. The van der Waals surface area contributed by atoms with Gasteiger partial charge in [0.15, 0.2) is 5.78 Å². The van der Waals surface area contributed by atoms with Crippen molar-refractivity contribution in [3.8, 4) is 0 Å². The molecule has 0 aliphatic heterocycles. The molecule has 0 radical (unpaired) electrons. The van der Waals surface area contributed by atoms with Crippen LogP contribution in [0.1, 0.15) is 23.1 Å². The van der Waals surface area contributed by atoms with Crippen molar-refractivity contribution in [3.63, 3.8) is 0 Å². The zero-order valence-electron chi connectivity index (χ0n) is 9.93.